The number of carboxylic acid groups (broad SMARTS) is 1. The van der Waals surface area contributed by atoms with E-state index in [0.29, 0.717) is 25.3 Å². The van der Waals surface area contributed by atoms with E-state index in [1.165, 1.54) is 0 Å². The first kappa shape index (κ1) is 15.0. The number of aromatic nitrogens is 3. The molecule has 0 radical (unpaired) electrons. The summed E-state index contributed by atoms with van der Waals surface area (Å²) in [6.07, 6.45) is 0.558. The quantitative estimate of drug-likeness (QED) is 0.757. The predicted molar refractivity (Wildman–Crippen MR) is 85.8 cm³/mol. The average Bonchev–Trinajstić information content (AvgIpc) is 2.98. The van der Waals surface area contributed by atoms with E-state index in [9.17, 15) is 4.79 Å². The van der Waals surface area contributed by atoms with Crippen LogP contribution in [0.1, 0.15) is 23.1 Å². The highest BCUT2D eigenvalue weighted by atomic mass is 16.5. The standard InChI is InChI=1S/C17H17N3O3/c1-2-14-16(17(21)22)18-19-20(14)10-11-23-15-9-5-7-12-6-3-4-8-13(12)15/h3-9H,2,10-11H2,1H3,(H,21,22). The molecule has 6 nitrogen and oxygen atoms in total. The maximum atomic E-state index is 11.1. The highest BCUT2D eigenvalue weighted by molar-refractivity contribution is 5.88. The lowest BCUT2D eigenvalue weighted by Gasteiger charge is -2.10. The number of fused-ring (bicyclic) bond motifs is 1. The lowest BCUT2D eigenvalue weighted by atomic mass is 10.1. The topological polar surface area (TPSA) is 77.2 Å². The van der Waals surface area contributed by atoms with Gasteiger partial charge in [-0.15, -0.1) is 5.10 Å². The van der Waals surface area contributed by atoms with Gasteiger partial charge in [0.1, 0.15) is 12.4 Å². The summed E-state index contributed by atoms with van der Waals surface area (Å²) in [5.74, 6) is -0.247. The number of carbonyl (C=O) groups is 1. The molecule has 0 spiro atoms. The van der Waals surface area contributed by atoms with E-state index < -0.39 is 5.97 Å². The van der Waals surface area contributed by atoms with Crippen molar-refractivity contribution in [1.82, 2.24) is 15.0 Å². The van der Waals surface area contributed by atoms with Crippen molar-refractivity contribution in [3.8, 4) is 5.75 Å². The van der Waals surface area contributed by atoms with Crippen molar-refractivity contribution in [2.24, 2.45) is 0 Å². The fraction of sp³-hybridized carbons (Fsp3) is 0.235. The lowest BCUT2D eigenvalue weighted by Crippen LogP contribution is -2.13. The van der Waals surface area contributed by atoms with Gasteiger partial charge >= 0.3 is 5.97 Å². The Morgan fingerprint density at radius 2 is 2.00 bits per heavy atom. The number of hydrogen-bond acceptors (Lipinski definition) is 4. The van der Waals surface area contributed by atoms with E-state index in [1.54, 1.807) is 4.68 Å². The van der Waals surface area contributed by atoms with Crippen LogP contribution in [0.4, 0.5) is 0 Å². The fourth-order valence-electron chi connectivity index (χ4n) is 2.59. The Labute approximate surface area is 133 Å². The number of nitrogens with zero attached hydrogens (tertiary/aromatic N) is 3. The predicted octanol–water partition coefficient (Wildman–Crippen LogP) is 2.77. The van der Waals surface area contributed by atoms with Gasteiger partial charge in [0.25, 0.3) is 0 Å². The first-order chi connectivity index (χ1) is 11.2. The highest BCUT2D eigenvalue weighted by Gasteiger charge is 2.17. The minimum Gasteiger partial charge on any atom is -0.491 e. The van der Waals surface area contributed by atoms with Crippen LogP contribution in [-0.2, 0) is 13.0 Å². The molecule has 0 fully saturated rings. The molecule has 1 N–H and O–H groups in total. The summed E-state index contributed by atoms with van der Waals surface area (Å²) in [6.45, 7) is 2.73. The Hall–Kier alpha value is -2.89. The van der Waals surface area contributed by atoms with Crippen molar-refractivity contribution < 1.29 is 14.6 Å². The Morgan fingerprint density at radius 1 is 1.22 bits per heavy atom. The Bertz CT molecular complexity index is 837. The summed E-state index contributed by atoms with van der Waals surface area (Å²) in [4.78, 5) is 11.1. The third-order valence-electron chi connectivity index (χ3n) is 3.69. The molecule has 23 heavy (non-hydrogen) atoms. The molecule has 0 saturated heterocycles. The Balaban J connectivity index is 1.73. The summed E-state index contributed by atoms with van der Waals surface area (Å²) < 4.78 is 7.45. The molecule has 3 rings (SSSR count). The summed E-state index contributed by atoms with van der Waals surface area (Å²) in [5.41, 5.74) is 0.622. The van der Waals surface area contributed by atoms with Crippen molar-refractivity contribution in [3.05, 3.63) is 53.9 Å². The van der Waals surface area contributed by atoms with Crippen molar-refractivity contribution in [2.75, 3.05) is 6.61 Å². The van der Waals surface area contributed by atoms with E-state index in [2.05, 4.69) is 10.3 Å². The van der Waals surface area contributed by atoms with Gasteiger partial charge < -0.3 is 9.84 Å². The number of aromatic carboxylic acids is 1. The first-order valence-electron chi connectivity index (χ1n) is 7.47. The van der Waals surface area contributed by atoms with Crippen LogP contribution >= 0.6 is 0 Å². The largest absolute Gasteiger partial charge is 0.491 e. The molecular formula is C17H17N3O3. The smallest absolute Gasteiger partial charge is 0.358 e. The molecule has 0 unspecified atom stereocenters. The van der Waals surface area contributed by atoms with Crippen molar-refractivity contribution in [1.29, 1.82) is 0 Å². The molecule has 2 aromatic carbocycles. The second kappa shape index (κ2) is 6.48. The van der Waals surface area contributed by atoms with Crippen LogP contribution in [0.3, 0.4) is 0 Å². The molecule has 0 amide bonds. The van der Waals surface area contributed by atoms with Crippen LogP contribution in [-0.4, -0.2) is 32.7 Å². The maximum Gasteiger partial charge on any atom is 0.358 e. The number of rotatable bonds is 6. The first-order valence-corrected chi connectivity index (χ1v) is 7.47. The molecule has 3 aromatic rings. The van der Waals surface area contributed by atoms with Crippen LogP contribution in [0.5, 0.6) is 5.75 Å². The second-order valence-electron chi connectivity index (χ2n) is 5.09. The van der Waals surface area contributed by atoms with Crippen molar-refractivity contribution in [2.45, 2.75) is 19.9 Å². The van der Waals surface area contributed by atoms with Crippen LogP contribution < -0.4 is 4.74 Å². The molecule has 6 heteroatoms. The minimum atomic E-state index is -1.05. The van der Waals surface area contributed by atoms with Gasteiger partial charge in [-0.1, -0.05) is 48.5 Å². The van der Waals surface area contributed by atoms with Crippen LogP contribution in [0.25, 0.3) is 10.8 Å². The normalized spacial score (nSPS) is 10.8. The lowest BCUT2D eigenvalue weighted by molar-refractivity contribution is 0.0689. The van der Waals surface area contributed by atoms with Gasteiger partial charge in [0, 0.05) is 5.39 Å². The monoisotopic (exact) mass is 311 g/mol. The van der Waals surface area contributed by atoms with E-state index in [0.717, 1.165) is 16.5 Å². The van der Waals surface area contributed by atoms with E-state index >= 15 is 0 Å². The maximum absolute atomic E-state index is 11.1. The van der Waals surface area contributed by atoms with Gasteiger partial charge in [0.2, 0.25) is 0 Å². The molecule has 118 valence electrons. The zero-order valence-corrected chi connectivity index (χ0v) is 12.8. The van der Waals surface area contributed by atoms with Gasteiger partial charge in [0.15, 0.2) is 5.69 Å². The zero-order chi connectivity index (χ0) is 16.2. The molecule has 0 saturated carbocycles. The highest BCUT2D eigenvalue weighted by Crippen LogP contribution is 2.25. The molecule has 1 heterocycles. The second-order valence-corrected chi connectivity index (χ2v) is 5.09. The molecule has 0 aliphatic carbocycles. The third kappa shape index (κ3) is 3.01. The zero-order valence-electron chi connectivity index (χ0n) is 12.8. The van der Waals surface area contributed by atoms with Gasteiger partial charge in [-0.3, -0.25) is 0 Å². The third-order valence-corrected chi connectivity index (χ3v) is 3.69. The van der Waals surface area contributed by atoms with Gasteiger partial charge in [-0.2, -0.15) is 0 Å². The van der Waals surface area contributed by atoms with Gasteiger partial charge in [-0.05, 0) is 17.9 Å². The Morgan fingerprint density at radius 3 is 2.78 bits per heavy atom. The van der Waals surface area contributed by atoms with Crippen LogP contribution in [0.2, 0.25) is 0 Å². The molecule has 0 atom stereocenters. The van der Waals surface area contributed by atoms with Crippen molar-refractivity contribution >= 4 is 16.7 Å². The fourth-order valence-corrected chi connectivity index (χ4v) is 2.59. The van der Waals surface area contributed by atoms with Crippen molar-refractivity contribution in [3.63, 3.8) is 0 Å². The van der Waals surface area contributed by atoms with Crippen LogP contribution in [0.15, 0.2) is 42.5 Å². The SMILES string of the molecule is CCc1c(C(=O)O)nnn1CCOc1cccc2ccccc12. The van der Waals surface area contributed by atoms with Gasteiger partial charge in [0.05, 0.1) is 12.2 Å². The van der Waals surface area contributed by atoms with E-state index in [-0.39, 0.29) is 5.69 Å². The summed E-state index contributed by atoms with van der Waals surface area (Å²) in [5, 5.41) is 18.9. The van der Waals surface area contributed by atoms with Crippen LogP contribution in [0, 0.1) is 0 Å². The minimum absolute atomic E-state index is 0.0117. The molecule has 0 aliphatic heterocycles. The van der Waals surface area contributed by atoms with E-state index in [4.69, 9.17) is 9.84 Å². The molecule has 1 aromatic heterocycles. The molecule has 0 bridgehead atoms. The van der Waals surface area contributed by atoms with Gasteiger partial charge in [-0.25, -0.2) is 9.48 Å². The summed E-state index contributed by atoms with van der Waals surface area (Å²) >= 11 is 0. The average molecular weight is 311 g/mol. The number of benzene rings is 2. The van der Waals surface area contributed by atoms with E-state index in [1.807, 2.05) is 49.4 Å². The molecular weight excluding hydrogens is 294 g/mol. The Kier molecular flexibility index (Phi) is 4.23. The number of carboxylic acids is 1. The number of hydrogen-bond donors (Lipinski definition) is 1. The molecule has 0 aliphatic rings. The summed E-state index contributed by atoms with van der Waals surface area (Å²) in [7, 11) is 0. The number of ether oxygens (including phenoxy) is 1. The summed E-state index contributed by atoms with van der Waals surface area (Å²) in [6, 6.07) is 13.9.